The molecule has 0 aliphatic carbocycles. The average Bonchev–Trinajstić information content (AvgIpc) is 3.64. The molecule has 0 unspecified atom stereocenters. The molecule has 0 aliphatic heterocycles. The Morgan fingerprint density at radius 2 is 1.56 bits per heavy atom. The summed E-state index contributed by atoms with van der Waals surface area (Å²) in [5, 5.41) is 6.58. The van der Waals surface area contributed by atoms with Crippen LogP contribution in [0.5, 0.6) is 23.0 Å². The second-order valence-corrected chi connectivity index (χ2v) is 10.4. The van der Waals surface area contributed by atoms with Gasteiger partial charge in [-0.15, -0.1) is 35.7 Å². The maximum absolute atomic E-state index is 14.2. The topological polar surface area (TPSA) is 63.3 Å². The van der Waals surface area contributed by atoms with E-state index < -0.39 is 0 Å². The molecule has 0 spiro atoms. The van der Waals surface area contributed by atoms with Crippen molar-refractivity contribution in [2.45, 2.75) is 13.8 Å². The summed E-state index contributed by atoms with van der Waals surface area (Å²) in [6, 6.07) is 28.9. The first-order valence-electron chi connectivity index (χ1n) is 14.0. The van der Waals surface area contributed by atoms with Gasteiger partial charge in [0.05, 0.1) is 26.0 Å². The average molecular weight is 778 g/mol. The first-order chi connectivity index (χ1) is 21.4. The third-order valence-electron chi connectivity index (χ3n) is 7.60. The summed E-state index contributed by atoms with van der Waals surface area (Å²) in [7, 11) is 3.31. The van der Waals surface area contributed by atoms with Crippen molar-refractivity contribution in [2.24, 2.45) is 0 Å². The fraction of sp³-hybridized carbons (Fsp3) is 0.111. The molecule has 0 atom stereocenters. The van der Waals surface area contributed by atoms with Crippen LogP contribution in [0.25, 0.3) is 44.4 Å². The van der Waals surface area contributed by atoms with E-state index in [1.54, 1.807) is 25.1 Å². The van der Waals surface area contributed by atoms with Gasteiger partial charge >= 0.3 is 21.1 Å². The Balaban J connectivity index is 0.00000357. The summed E-state index contributed by atoms with van der Waals surface area (Å²) in [5.74, 6) is 2.55. The van der Waals surface area contributed by atoms with Crippen molar-refractivity contribution in [1.82, 2.24) is 19.3 Å². The van der Waals surface area contributed by atoms with Gasteiger partial charge in [-0.3, -0.25) is 4.68 Å². The molecule has 45 heavy (non-hydrogen) atoms. The summed E-state index contributed by atoms with van der Waals surface area (Å²) in [6.45, 7) is 4.02. The van der Waals surface area contributed by atoms with Crippen LogP contribution in [0.1, 0.15) is 11.1 Å². The van der Waals surface area contributed by atoms with Crippen molar-refractivity contribution in [3.8, 4) is 45.6 Å². The number of aryl methyl sites for hydroxylation is 2. The molecule has 0 radical (unpaired) electrons. The van der Waals surface area contributed by atoms with Gasteiger partial charge < -0.3 is 18.8 Å². The number of halogens is 1. The molecule has 3 heterocycles. The molecule has 4 aromatic carbocycles. The van der Waals surface area contributed by atoms with Crippen LogP contribution in [0.15, 0.2) is 91.4 Å². The number of hydrogen-bond acceptors (Lipinski definition) is 5. The molecule has 0 fully saturated rings. The number of ether oxygens (including phenoxy) is 3. The molecule has 7 rings (SSSR count). The molecular weight excluding hydrogens is 750 g/mol. The maximum atomic E-state index is 14.2. The first kappa shape index (κ1) is 30.1. The van der Waals surface area contributed by atoms with E-state index in [-0.39, 0.29) is 26.9 Å². The van der Waals surface area contributed by atoms with Crippen molar-refractivity contribution < 1.29 is 39.7 Å². The smallest absolute Gasteiger partial charge is 0.509 e. The molecule has 3 aromatic heterocycles. The number of benzene rings is 4. The van der Waals surface area contributed by atoms with Gasteiger partial charge in [0, 0.05) is 41.0 Å². The Labute approximate surface area is 274 Å². The summed E-state index contributed by atoms with van der Waals surface area (Å²) in [4.78, 5) is 4.43. The third kappa shape index (κ3) is 5.36. The van der Waals surface area contributed by atoms with Crippen LogP contribution in [0.4, 0.5) is 4.39 Å². The quantitative estimate of drug-likeness (QED) is 0.153. The molecule has 0 bridgehead atoms. The van der Waals surface area contributed by atoms with E-state index >= 15 is 0 Å². The Bertz CT molecular complexity index is 2160. The Morgan fingerprint density at radius 3 is 2.31 bits per heavy atom. The largest absolute Gasteiger partial charge is 2.00 e. The summed E-state index contributed by atoms with van der Waals surface area (Å²) < 4.78 is 35.6. The van der Waals surface area contributed by atoms with Gasteiger partial charge in [0.15, 0.2) is 0 Å². The number of fused-ring (bicyclic) bond motifs is 3. The van der Waals surface area contributed by atoms with Crippen LogP contribution in [0.3, 0.4) is 0 Å². The molecule has 7 nitrogen and oxygen atoms in total. The molecule has 7 aromatic rings. The molecule has 0 saturated heterocycles. The number of pyridine rings is 1. The van der Waals surface area contributed by atoms with Gasteiger partial charge in [-0.2, -0.15) is 17.2 Å². The number of para-hydroxylation sites is 1. The van der Waals surface area contributed by atoms with Gasteiger partial charge in [0.1, 0.15) is 23.1 Å². The van der Waals surface area contributed by atoms with E-state index in [1.165, 1.54) is 18.3 Å². The van der Waals surface area contributed by atoms with Crippen LogP contribution in [-0.2, 0) is 21.1 Å². The number of methoxy groups -OCH3 is 2. The zero-order chi connectivity index (χ0) is 30.4. The van der Waals surface area contributed by atoms with Crippen molar-refractivity contribution >= 4 is 21.8 Å². The Morgan fingerprint density at radius 1 is 0.800 bits per heavy atom. The van der Waals surface area contributed by atoms with Crippen LogP contribution in [0, 0.1) is 31.8 Å². The Hall–Kier alpha value is -4.94. The van der Waals surface area contributed by atoms with Crippen LogP contribution in [-0.4, -0.2) is 33.6 Å². The van der Waals surface area contributed by atoms with E-state index in [9.17, 15) is 4.39 Å². The predicted octanol–water partition coefficient (Wildman–Crippen LogP) is 8.19. The number of hydrogen-bond donors (Lipinski definition) is 0. The number of nitrogens with zero attached hydrogens (tertiary/aromatic N) is 4. The van der Waals surface area contributed by atoms with Crippen molar-refractivity contribution in [2.75, 3.05) is 14.2 Å². The molecule has 0 N–H and O–H groups in total. The SMILES string of the molecule is COc1c(C)cc(C)c(OC)c1-c1cnn(-c2[c-]c(Oc3[c-]c4c(cc3)c3ccccc3n4-c3cc(F)ccn3)ccc2)c1.[Pt+2]. The molecule has 0 amide bonds. The van der Waals surface area contributed by atoms with Crippen LogP contribution in [0.2, 0.25) is 0 Å². The minimum Gasteiger partial charge on any atom is -0.509 e. The van der Waals surface area contributed by atoms with Crippen molar-refractivity contribution in [3.05, 3.63) is 120 Å². The Kier molecular flexibility index (Phi) is 8.17. The zero-order valence-electron chi connectivity index (χ0n) is 24.9. The van der Waals surface area contributed by atoms with Crippen molar-refractivity contribution in [3.63, 3.8) is 0 Å². The molecule has 9 heteroatoms. The maximum Gasteiger partial charge on any atom is 2.00 e. The number of rotatable bonds is 7. The van der Waals surface area contributed by atoms with E-state index in [2.05, 4.69) is 22.2 Å². The first-order valence-corrected chi connectivity index (χ1v) is 14.0. The minimum atomic E-state index is -0.365. The van der Waals surface area contributed by atoms with Gasteiger partial charge in [-0.05, 0) is 54.2 Å². The molecule has 0 saturated carbocycles. The normalized spacial score (nSPS) is 11.0. The van der Waals surface area contributed by atoms with Gasteiger partial charge in [0.25, 0.3) is 0 Å². The predicted molar refractivity (Wildman–Crippen MR) is 168 cm³/mol. The summed E-state index contributed by atoms with van der Waals surface area (Å²) in [6.07, 6.45) is 5.15. The van der Waals surface area contributed by atoms with E-state index in [1.807, 2.05) is 85.3 Å². The van der Waals surface area contributed by atoms with E-state index in [0.29, 0.717) is 23.0 Å². The second-order valence-electron chi connectivity index (χ2n) is 10.4. The fourth-order valence-electron chi connectivity index (χ4n) is 5.76. The van der Waals surface area contributed by atoms with E-state index in [4.69, 9.17) is 14.2 Å². The standard InChI is InChI=1S/C36H27FN4O3.Pt/c1-22-16-23(2)36(43-4)34(35(22)42-3)24-20-39-40(21-24)26-8-7-9-27(18-26)44-28-12-13-30-29-10-5-6-11-31(29)41(32(30)19-28)33-17-25(37)14-15-38-33;/h5-17,20-21H,1-4H3;/q-2;+2. The molecule has 226 valence electrons. The van der Waals surface area contributed by atoms with Gasteiger partial charge in [-0.25, -0.2) is 9.37 Å². The van der Waals surface area contributed by atoms with Gasteiger partial charge in [-0.1, -0.05) is 23.7 Å². The van der Waals surface area contributed by atoms with Gasteiger partial charge in [0.2, 0.25) is 0 Å². The molecule has 0 aliphatic rings. The minimum absolute atomic E-state index is 0. The van der Waals surface area contributed by atoms with Crippen molar-refractivity contribution in [1.29, 1.82) is 0 Å². The fourth-order valence-corrected chi connectivity index (χ4v) is 5.76. The summed E-state index contributed by atoms with van der Waals surface area (Å²) >= 11 is 0. The third-order valence-corrected chi connectivity index (χ3v) is 7.60. The number of aromatic nitrogens is 4. The van der Waals surface area contributed by atoms with E-state index in [0.717, 1.165) is 55.6 Å². The monoisotopic (exact) mass is 777 g/mol. The van der Waals surface area contributed by atoms with Crippen LogP contribution >= 0.6 is 0 Å². The summed E-state index contributed by atoms with van der Waals surface area (Å²) in [5.41, 5.74) is 6.03. The zero-order valence-corrected chi connectivity index (χ0v) is 27.1. The molecular formula is C36H27FN4O3Pt. The second kappa shape index (κ2) is 12.2. The van der Waals surface area contributed by atoms with Crippen LogP contribution < -0.4 is 14.2 Å².